The Morgan fingerprint density at radius 1 is 1.13 bits per heavy atom. The van der Waals surface area contributed by atoms with Crippen LogP contribution in [0.15, 0.2) is 36.4 Å². The number of benzene rings is 2. The zero-order valence-electron chi connectivity index (χ0n) is 14.0. The van der Waals surface area contributed by atoms with Crippen molar-refractivity contribution in [1.82, 2.24) is 10.0 Å². The Labute approximate surface area is 178 Å². The molecule has 0 saturated carbocycles. The number of rotatable bonds is 4. The number of likely N-dealkylation sites (N-methyl/N-ethyl adjacent to an activating group) is 1. The van der Waals surface area contributed by atoms with Crippen LogP contribution in [0.2, 0.25) is 0 Å². The van der Waals surface area contributed by atoms with Gasteiger partial charge in [0, 0.05) is 81.3 Å². The number of hydrogen-bond acceptors (Lipinski definition) is 2. The van der Waals surface area contributed by atoms with Gasteiger partial charge in [-0.25, -0.2) is 22.2 Å². The summed E-state index contributed by atoms with van der Waals surface area (Å²) in [6.45, 7) is 1.99. The molecule has 0 N–H and O–H groups in total. The molecule has 5 heteroatoms. The van der Waals surface area contributed by atoms with Gasteiger partial charge in [-0.1, -0.05) is 18.2 Å². The van der Waals surface area contributed by atoms with Crippen molar-refractivity contribution in [3.05, 3.63) is 59.7 Å². The van der Waals surface area contributed by atoms with Gasteiger partial charge in [-0.3, -0.25) is 27.5 Å². The van der Waals surface area contributed by atoms with E-state index in [1.54, 1.807) is 17.1 Å². The number of amides is 1. The zero-order chi connectivity index (χ0) is 15.4. The Kier molecular flexibility index (Phi) is 10.4. The molecule has 23 heavy (non-hydrogen) atoms. The van der Waals surface area contributed by atoms with Crippen LogP contribution in [-0.2, 0) is 65.0 Å². The molecule has 1 amide bonds. The van der Waals surface area contributed by atoms with Crippen LogP contribution in [0.25, 0.3) is 11.1 Å². The van der Waals surface area contributed by atoms with Gasteiger partial charge in [-0.15, -0.1) is 19.1 Å². The van der Waals surface area contributed by atoms with Crippen LogP contribution < -0.4 is 0 Å². The van der Waals surface area contributed by atoms with Crippen LogP contribution in [0.5, 0.6) is 0 Å². The van der Waals surface area contributed by atoms with Gasteiger partial charge in [0.2, 0.25) is 5.91 Å². The Balaban J connectivity index is 0.00000242. The number of hydrogen-bond donors (Lipinski definition) is 0. The maximum atomic E-state index is 12.2. The minimum Gasteiger partial charge on any atom is -0.286 e. The molecule has 0 aliphatic carbocycles. The summed E-state index contributed by atoms with van der Waals surface area (Å²) < 4.78 is 0. The maximum Gasteiger partial charge on any atom is 0.237 e. The van der Waals surface area contributed by atoms with Gasteiger partial charge >= 0.3 is 0 Å². The molecule has 0 atom stereocenters. The first-order chi connectivity index (χ1) is 9.99. The third-order valence-corrected chi connectivity index (χ3v) is 3.54. The van der Waals surface area contributed by atoms with Crippen molar-refractivity contribution in [2.24, 2.45) is 0 Å². The summed E-state index contributed by atoms with van der Waals surface area (Å²) in [5.74, 6) is 0.0459. The summed E-state index contributed by atoms with van der Waals surface area (Å²) >= 11 is 0. The van der Waals surface area contributed by atoms with Crippen LogP contribution in [-0.4, -0.2) is 37.1 Å². The molecule has 2 rings (SSSR count). The van der Waals surface area contributed by atoms with Gasteiger partial charge in [-0.2, -0.15) is 5.56 Å². The molecule has 0 aliphatic rings. The van der Waals surface area contributed by atoms with E-state index in [-0.39, 0.29) is 59.7 Å². The van der Waals surface area contributed by atoms with Crippen molar-refractivity contribution >= 4 is 5.91 Å². The van der Waals surface area contributed by atoms with Crippen LogP contribution in [0.3, 0.4) is 0 Å². The second-order valence-electron chi connectivity index (χ2n) is 5.26. The van der Waals surface area contributed by atoms with Gasteiger partial charge in [-0.05, 0) is 0 Å². The number of hydrazine groups is 1. The Morgan fingerprint density at radius 3 is 2.30 bits per heavy atom. The summed E-state index contributed by atoms with van der Waals surface area (Å²) in [6, 6.07) is 18.5. The molecule has 0 aliphatic heterocycles. The fourth-order valence-corrected chi connectivity index (χ4v) is 1.99. The predicted octanol–water partition coefficient (Wildman–Crippen LogP) is 2.73. The number of carbonyl (C=O) groups is 1. The van der Waals surface area contributed by atoms with E-state index in [0.717, 1.165) is 22.3 Å². The first kappa shape index (κ1) is 22.7. The van der Waals surface area contributed by atoms with Crippen LogP contribution in [0, 0.1) is 19.1 Å². The average molecular weight is 553 g/mol. The van der Waals surface area contributed by atoms with Crippen molar-refractivity contribution in [2.75, 3.05) is 21.1 Å². The Morgan fingerprint density at radius 2 is 1.74 bits per heavy atom. The summed E-state index contributed by atoms with van der Waals surface area (Å²) in [5, 5.41) is 3.37. The molecule has 119 valence electrons. The molecule has 0 heterocycles. The van der Waals surface area contributed by atoms with Crippen molar-refractivity contribution in [2.45, 2.75) is 13.3 Å². The fourth-order valence-electron chi connectivity index (χ4n) is 1.99. The van der Waals surface area contributed by atoms with E-state index in [1.807, 2.05) is 57.4 Å². The maximum absolute atomic E-state index is 12.2. The van der Waals surface area contributed by atoms with Crippen molar-refractivity contribution in [3.8, 4) is 11.1 Å². The molecule has 3 nitrogen and oxygen atoms in total. The molecule has 0 saturated heterocycles. The van der Waals surface area contributed by atoms with E-state index in [0.29, 0.717) is 6.42 Å². The van der Waals surface area contributed by atoms with Crippen molar-refractivity contribution < 1.29 is 58.6 Å². The molecule has 2 aromatic carbocycles. The van der Waals surface area contributed by atoms with E-state index in [4.69, 9.17) is 0 Å². The molecular weight excluding hydrogens is 533 g/mol. The van der Waals surface area contributed by atoms with Crippen LogP contribution in [0.4, 0.5) is 0 Å². The summed E-state index contributed by atoms with van der Waals surface area (Å²) in [5.41, 5.74) is 3.92. The number of aryl methyl sites for hydroxylation is 1. The first-order valence-corrected chi connectivity index (χ1v) is 6.91. The SMILES string of the molecule is Cc1c[c-]c(-c2ccccc2)[c-]c1CC(=O)N(C)N(C)C.[W].[Y]. The summed E-state index contributed by atoms with van der Waals surface area (Å²) in [7, 11) is 5.47. The molecule has 1 radical (unpaired) electrons. The quantitative estimate of drug-likeness (QED) is 0.430. The number of nitrogens with zero attached hydrogens (tertiary/aromatic N) is 2. The standard InChI is InChI=1S/C18H20N2O.W.Y/c1-14-10-11-16(15-8-6-5-7-9-15)12-17(14)13-18(21)20(4)19(2)3;;/h5-10H,13H2,1-4H3;;/q-2;;. The summed E-state index contributed by atoms with van der Waals surface area (Å²) in [4.78, 5) is 12.2. The van der Waals surface area contributed by atoms with E-state index in [1.165, 1.54) is 0 Å². The normalized spacial score (nSPS) is 9.78. The van der Waals surface area contributed by atoms with Crippen LogP contribution >= 0.6 is 0 Å². The topological polar surface area (TPSA) is 23.6 Å². The van der Waals surface area contributed by atoms with E-state index in [9.17, 15) is 4.79 Å². The predicted molar refractivity (Wildman–Crippen MR) is 84.4 cm³/mol. The number of carbonyl (C=O) groups excluding carboxylic acids is 1. The van der Waals surface area contributed by atoms with Gasteiger partial charge in [0.15, 0.2) is 0 Å². The molecule has 0 spiro atoms. The van der Waals surface area contributed by atoms with E-state index in [2.05, 4.69) is 12.1 Å². The Bertz CT molecular complexity index is 632. The molecule has 0 bridgehead atoms. The van der Waals surface area contributed by atoms with Gasteiger partial charge in [0.1, 0.15) is 0 Å². The second-order valence-corrected chi connectivity index (χ2v) is 5.26. The zero-order valence-corrected chi connectivity index (χ0v) is 19.7. The molecular formula is C18H20N2OWY-2. The molecule has 2 aromatic rings. The third kappa shape index (κ3) is 6.23. The minimum absolute atomic E-state index is 0. The van der Waals surface area contributed by atoms with Gasteiger partial charge < -0.3 is 0 Å². The molecule has 0 unspecified atom stereocenters. The average Bonchev–Trinajstić information content (AvgIpc) is 2.49. The van der Waals surface area contributed by atoms with E-state index < -0.39 is 0 Å². The largest absolute Gasteiger partial charge is 0.286 e. The second kappa shape index (κ2) is 10.5. The minimum atomic E-state index is 0. The monoisotopic (exact) mass is 553 g/mol. The molecule has 0 fully saturated rings. The van der Waals surface area contributed by atoms with Gasteiger partial charge in [0.05, 0.1) is 0 Å². The fraction of sp³-hybridized carbons (Fsp3) is 0.278. The first-order valence-electron chi connectivity index (χ1n) is 6.91. The third-order valence-electron chi connectivity index (χ3n) is 3.54. The Hall–Kier alpha value is -0.338. The van der Waals surface area contributed by atoms with E-state index >= 15 is 0 Å². The smallest absolute Gasteiger partial charge is 0.237 e. The summed E-state index contributed by atoms with van der Waals surface area (Å²) in [6.07, 6.45) is 0.342. The van der Waals surface area contributed by atoms with Crippen molar-refractivity contribution in [3.63, 3.8) is 0 Å². The molecule has 0 aromatic heterocycles. The van der Waals surface area contributed by atoms with Crippen LogP contribution in [0.1, 0.15) is 11.1 Å². The van der Waals surface area contributed by atoms with Crippen molar-refractivity contribution in [1.29, 1.82) is 0 Å². The van der Waals surface area contributed by atoms with Gasteiger partial charge in [0.25, 0.3) is 0 Å².